The summed E-state index contributed by atoms with van der Waals surface area (Å²) in [7, 11) is 0. The number of fused-ring (bicyclic) bond motifs is 1. The molecule has 0 fully saturated rings. The Labute approximate surface area is 453 Å². The Balaban J connectivity index is 0.00000780. The second-order valence-electron chi connectivity index (χ2n) is 25.6. The van der Waals surface area contributed by atoms with Crippen LogP contribution in [0.5, 0.6) is 5.75 Å². The molecule has 0 aliphatic carbocycles. The number of aromatic hydroxyl groups is 1. The summed E-state index contributed by atoms with van der Waals surface area (Å²) in [5, 5.41) is 12.6. The maximum absolute atomic E-state index is 12.6. The van der Waals surface area contributed by atoms with Crippen molar-refractivity contribution in [2.24, 2.45) is 17.8 Å². The first-order chi connectivity index (χ1) is 33.6. The Hall–Kier alpha value is -5.57. The van der Waals surface area contributed by atoms with E-state index in [-0.39, 0.29) is 53.9 Å². The van der Waals surface area contributed by atoms with E-state index in [9.17, 15) is 5.11 Å². The number of imidazole rings is 1. The van der Waals surface area contributed by atoms with E-state index >= 15 is 0 Å². The monoisotopic (exact) mass is 1150 g/mol. The predicted molar refractivity (Wildman–Crippen MR) is 308 cm³/mol. The number of pyridine rings is 1. The maximum Gasteiger partial charge on any atom is 0.148 e. The molecule has 2 aromatic heterocycles. The van der Waals surface area contributed by atoms with Crippen molar-refractivity contribution >= 4 is 11.0 Å². The molecule has 0 unspecified atom stereocenters. The summed E-state index contributed by atoms with van der Waals surface area (Å²) in [5.74, 6) is 2.45. The summed E-state index contributed by atoms with van der Waals surface area (Å²) in [5.41, 5.74) is 16.8. The zero-order valence-corrected chi connectivity index (χ0v) is 49.3. The summed E-state index contributed by atoms with van der Waals surface area (Å²) in [6.07, 6.45) is 1.93. The fraction of sp³-hybridized carbons (Fsp3) is 0.382. The molecule has 8 rings (SSSR count). The van der Waals surface area contributed by atoms with Gasteiger partial charge >= 0.3 is 0 Å². The number of hydrogen-bond donors (Lipinski definition) is 1. The Morgan fingerprint density at radius 2 is 1.04 bits per heavy atom. The zero-order valence-electron chi connectivity index (χ0n) is 47.0. The van der Waals surface area contributed by atoms with Gasteiger partial charge in [-0.05, 0) is 103 Å². The summed E-state index contributed by atoms with van der Waals surface area (Å²) in [6.45, 7) is 41.1. The van der Waals surface area contributed by atoms with Gasteiger partial charge in [0.2, 0.25) is 0 Å². The van der Waals surface area contributed by atoms with Crippen LogP contribution in [0.4, 0.5) is 0 Å². The molecule has 0 saturated heterocycles. The standard InChI is InChI=1S/C68H80N3O.Pt/c1-42(2)68(43(3)4,44(5)6)50-29-27-45(28-30-50)47-33-34-69-58(38-47)49-35-48(36-52(37-49)65(10,11)12)54-25-22-26-60-61(54)70-63(56-40-53(66(13,14)15)41-57(62(56)72)67(16,17)18)71(60)59-32-31-51(64(7,8)9)39-55(59)46-23-20-19-21-24-46;/h19-34,36-44,72H,1-18H3;/q-1;. The van der Waals surface area contributed by atoms with Crippen LogP contribution in [0.1, 0.15) is 152 Å². The van der Waals surface area contributed by atoms with Crippen molar-refractivity contribution in [3.05, 3.63) is 167 Å². The number of phenols is 1. The van der Waals surface area contributed by atoms with Gasteiger partial charge in [0.1, 0.15) is 11.6 Å². The van der Waals surface area contributed by atoms with E-state index in [1.165, 1.54) is 22.3 Å². The van der Waals surface area contributed by atoms with Crippen LogP contribution < -0.4 is 0 Å². The average molecular weight is 1150 g/mol. The number of nitrogens with zero attached hydrogens (tertiary/aromatic N) is 3. The van der Waals surface area contributed by atoms with Gasteiger partial charge in [-0.3, -0.25) is 9.55 Å². The van der Waals surface area contributed by atoms with E-state index in [0.29, 0.717) is 29.1 Å². The summed E-state index contributed by atoms with van der Waals surface area (Å²) in [6, 6.07) is 50.5. The Kier molecular flexibility index (Phi) is 15.3. The van der Waals surface area contributed by atoms with E-state index in [4.69, 9.17) is 9.97 Å². The largest absolute Gasteiger partial charge is 0.507 e. The summed E-state index contributed by atoms with van der Waals surface area (Å²) in [4.78, 5) is 10.7. The van der Waals surface area contributed by atoms with Crippen molar-refractivity contribution in [3.8, 4) is 67.5 Å². The molecular formula is C68H80N3OPt-. The molecule has 1 N–H and O–H groups in total. The van der Waals surface area contributed by atoms with Crippen molar-refractivity contribution in [1.82, 2.24) is 14.5 Å². The maximum atomic E-state index is 12.6. The fourth-order valence-corrected chi connectivity index (χ4v) is 11.6. The van der Waals surface area contributed by atoms with Gasteiger partial charge in [-0.1, -0.05) is 221 Å². The summed E-state index contributed by atoms with van der Waals surface area (Å²) < 4.78 is 2.29. The molecule has 5 heteroatoms. The van der Waals surface area contributed by atoms with E-state index < -0.39 is 0 Å². The molecule has 0 bridgehead atoms. The molecule has 0 radical (unpaired) electrons. The number of rotatable bonds is 10. The quantitative estimate of drug-likeness (QED) is 0.139. The molecule has 384 valence electrons. The molecule has 0 amide bonds. The second kappa shape index (κ2) is 20.3. The molecule has 8 aromatic rings. The van der Waals surface area contributed by atoms with Gasteiger partial charge in [0.15, 0.2) is 0 Å². The van der Waals surface area contributed by atoms with E-state index in [0.717, 1.165) is 66.9 Å². The fourth-order valence-electron chi connectivity index (χ4n) is 11.6. The van der Waals surface area contributed by atoms with Crippen LogP contribution in [0.25, 0.3) is 72.7 Å². The van der Waals surface area contributed by atoms with Crippen molar-refractivity contribution < 1.29 is 26.2 Å². The van der Waals surface area contributed by atoms with E-state index in [2.05, 4.69) is 263 Å². The summed E-state index contributed by atoms with van der Waals surface area (Å²) >= 11 is 0. The molecule has 2 heterocycles. The third-order valence-corrected chi connectivity index (χ3v) is 15.5. The second-order valence-corrected chi connectivity index (χ2v) is 25.6. The average Bonchev–Trinajstić information content (AvgIpc) is 3.70. The van der Waals surface area contributed by atoms with Crippen LogP contribution in [-0.2, 0) is 48.1 Å². The van der Waals surface area contributed by atoms with Gasteiger partial charge in [0, 0.05) is 49.5 Å². The van der Waals surface area contributed by atoms with Crippen LogP contribution in [0.3, 0.4) is 0 Å². The van der Waals surface area contributed by atoms with Gasteiger partial charge < -0.3 is 5.11 Å². The minimum Gasteiger partial charge on any atom is -0.507 e. The minimum absolute atomic E-state index is 0. The van der Waals surface area contributed by atoms with Gasteiger partial charge in [-0.15, -0.1) is 29.3 Å². The molecule has 0 saturated carbocycles. The van der Waals surface area contributed by atoms with Crippen LogP contribution in [-0.4, -0.2) is 19.6 Å². The van der Waals surface area contributed by atoms with Crippen molar-refractivity contribution in [3.63, 3.8) is 0 Å². The number of hydrogen-bond acceptors (Lipinski definition) is 3. The SMILES string of the molecule is CC(C)C(c1ccc(-c2ccnc(-c3[c-]c(-c4cccc5c4nc(-c4cc(C(C)(C)C)cc(C(C)(C)C)c4O)n5-c4ccc(C(C)(C)C)cc4-c4ccccc4)cc(C(C)(C)C)c3)c2)cc1)(C(C)C)C(C)C.[Pt]. The van der Waals surface area contributed by atoms with Crippen molar-refractivity contribution in [2.45, 2.75) is 152 Å². The Morgan fingerprint density at radius 1 is 0.479 bits per heavy atom. The molecule has 0 aliphatic rings. The minimum atomic E-state index is -0.333. The molecule has 73 heavy (non-hydrogen) atoms. The van der Waals surface area contributed by atoms with Gasteiger partial charge in [-0.25, -0.2) is 4.98 Å². The molecule has 6 aromatic carbocycles. The first kappa shape index (κ1) is 55.2. The number of benzene rings is 6. The topological polar surface area (TPSA) is 50.9 Å². The van der Waals surface area contributed by atoms with Gasteiger partial charge in [0.25, 0.3) is 0 Å². The Bertz CT molecular complexity index is 3230. The first-order valence-corrected chi connectivity index (χ1v) is 26.4. The first-order valence-electron chi connectivity index (χ1n) is 26.4. The van der Waals surface area contributed by atoms with Crippen LogP contribution in [0.15, 0.2) is 134 Å². The third kappa shape index (κ3) is 10.6. The van der Waals surface area contributed by atoms with E-state index in [1.807, 2.05) is 6.20 Å². The van der Waals surface area contributed by atoms with E-state index in [1.54, 1.807) is 0 Å². The van der Waals surface area contributed by atoms with Gasteiger partial charge in [0.05, 0.1) is 22.3 Å². The van der Waals surface area contributed by atoms with Gasteiger partial charge in [-0.2, -0.15) is 0 Å². The molecular weight excluding hydrogens is 1070 g/mol. The molecule has 0 atom stereocenters. The van der Waals surface area contributed by atoms with Crippen LogP contribution >= 0.6 is 0 Å². The normalized spacial score (nSPS) is 12.8. The zero-order chi connectivity index (χ0) is 52.5. The Morgan fingerprint density at radius 3 is 1.62 bits per heavy atom. The molecule has 0 aliphatic heterocycles. The predicted octanol–water partition coefficient (Wildman–Crippen LogP) is 18.7. The molecule has 4 nitrogen and oxygen atoms in total. The number of phenolic OH excluding ortho intramolecular Hbond substituents is 1. The van der Waals surface area contributed by atoms with Crippen molar-refractivity contribution in [2.75, 3.05) is 0 Å². The molecule has 0 spiro atoms. The van der Waals surface area contributed by atoms with Crippen LogP contribution in [0.2, 0.25) is 0 Å². The smallest absolute Gasteiger partial charge is 0.148 e. The number of aromatic nitrogens is 3. The van der Waals surface area contributed by atoms with Crippen molar-refractivity contribution in [1.29, 1.82) is 0 Å². The third-order valence-electron chi connectivity index (χ3n) is 15.5. The number of para-hydroxylation sites is 1. The van der Waals surface area contributed by atoms with Crippen LogP contribution in [0, 0.1) is 23.8 Å².